The van der Waals surface area contributed by atoms with E-state index in [1.54, 1.807) is 4.57 Å². The number of hydrogen-bond donors (Lipinski definition) is 3. The van der Waals surface area contributed by atoms with E-state index in [0.29, 0.717) is 13.0 Å². The van der Waals surface area contributed by atoms with Gasteiger partial charge in [-0.15, -0.1) is 6.42 Å². The third kappa shape index (κ3) is 10.8. The average molecular weight is 388 g/mol. The van der Waals surface area contributed by atoms with Crippen LogP contribution in [0.25, 0.3) is 0 Å². The first kappa shape index (κ1) is 26.2. The Balaban J connectivity index is 0. The number of carbonyl (C=O) groups excluding carboxylic acids is 1. The van der Waals surface area contributed by atoms with Crippen LogP contribution < -0.4 is 11.3 Å². The van der Waals surface area contributed by atoms with Crippen LogP contribution in [0.4, 0.5) is 0 Å². The first-order valence-electron chi connectivity index (χ1n) is 8.06. The molecule has 1 heterocycles. The molecular weight excluding hydrogens is 358 g/mol. The van der Waals surface area contributed by atoms with Gasteiger partial charge in [0.1, 0.15) is 12.2 Å². The lowest BCUT2D eigenvalue weighted by molar-refractivity contribution is -0.145. The number of ether oxygens (including phenoxy) is 2. The van der Waals surface area contributed by atoms with Crippen LogP contribution in [0.2, 0.25) is 0 Å². The van der Waals surface area contributed by atoms with Gasteiger partial charge in [0.05, 0.1) is 12.6 Å². The number of aromatic nitrogens is 2. The Kier molecular flexibility index (Phi) is 16.6. The zero-order valence-corrected chi connectivity index (χ0v) is 16.6. The van der Waals surface area contributed by atoms with E-state index in [1.807, 2.05) is 0 Å². The van der Waals surface area contributed by atoms with Crippen LogP contribution in [0.15, 0.2) is 11.0 Å². The van der Waals surface area contributed by atoms with Crippen molar-refractivity contribution in [1.82, 2.24) is 9.55 Å². The number of terminal acetylenes is 1. The van der Waals surface area contributed by atoms with Gasteiger partial charge in [0.25, 0.3) is 5.56 Å². The number of nitrogens with zero attached hydrogens (tertiary/aromatic N) is 1. The van der Waals surface area contributed by atoms with Crippen LogP contribution in [0.1, 0.15) is 32.3 Å². The predicted molar refractivity (Wildman–Crippen MR) is 103 cm³/mol. The normalized spacial score (nSPS) is 10.3. The van der Waals surface area contributed by atoms with Gasteiger partial charge >= 0.3 is 5.97 Å². The van der Waals surface area contributed by atoms with Gasteiger partial charge in [-0.05, 0) is 18.6 Å². The van der Waals surface area contributed by atoms with Crippen molar-refractivity contribution in [3.05, 3.63) is 26.9 Å². The third-order valence-corrected chi connectivity index (χ3v) is 3.13. The maximum Gasteiger partial charge on any atom is 0.319 e. The summed E-state index contributed by atoms with van der Waals surface area (Å²) in [6.45, 7) is 4.64. The van der Waals surface area contributed by atoms with E-state index in [2.05, 4.69) is 24.8 Å². The van der Waals surface area contributed by atoms with Crippen molar-refractivity contribution in [2.75, 3.05) is 27.4 Å². The number of aliphatic hydroxyl groups is 1. The second-order valence-corrected chi connectivity index (χ2v) is 5.27. The van der Waals surface area contributed by atoms with E-state index in [-0.39, 0.29) is 35.1 Å². The van der Waals surface area contributed by atoms with Crippen LogP contribution in [0.3, 0.4) is 0 Å². The van der Waals surface area contributed by atoms with Gasteiger partial charge in [0.15, 0.2) is 4.77 Å². The molecule has 1 aromatic rings. The Morgan fingerprint density at radius 3 is 2.54 bits per heavy atom. The van der Waals surface area contributed by atoms with Gasteiger partial charge in [-0.2, -0.15) is 0 Å². The third-order valence-electron chi connectivity index (χ3n) is 2.79. The second kappa shape index (κ2) is 16.5. The molecule has 9 heteroatoms. The van der Waals surface area contributed by atoms with Crippen LogP contribution in [-0.4, -0.2) is 54.1 Å². The van der Waals surface area contributed by atoms with E-state index in [1.165, 1.54) is 19.7 Å². The fourth-order valence-electron chi connectivity index (χ4n) is 1.58. The maximum atomic E-state index is 11.5. The SMILES string of the molecule is C#Cc1cn(CCC(COC(=O)CN)OC)c(=S)[nH]c1=O.CCC.CO. The standard InChI is InChI=1S/C13H17N3O4S.C3H8.CH4O/c1-3-9-7-16(13(21)15-12(9)18)5-4-10(19-2)8-20-11(17)6-14;1-3-2;1-2/h1,7,10H,4-6,8,14H2,2H3,(H,15,18,21);3H2,1-2H3;2H,1H3. The van der Waals surface area contributed by atoms with Gasteiger partial charge < -0.3 is 24.9 Å². The summed E-state index contributed by atoms with van der Waals surface area (Å²) in [6.07, 6.45) is 8.22. The minimum absolute atomic E-state index is 0.102. The Morgan fingerprint density at radius 2 is 2.08 bits per heavy atom. The molecule has 0 saturated heterocycles. The molecule has 1 aromatic heterocycles. The minimum atomic E-state index is -0.493. The number of aromatic amines is 1. The number of esters is 1. The average Bonchev–Trinajstić information content (AvgIpc) is 2.65. The van der Waals surface area contributed by atoms with E-state index in [4.69, 9.17) is 39.0 Å². The molecule has 0 radical (unpaired) electrons. The molecule has 0 aliphatic heterocycles. The van der Waals surface area contributed by atoms with Crippen molar-refractivity contribution < 1.29 is 19.4 Å². The van der Waals surface area contributed by atoms with Crippen LogP contribution in [-0.2, 0) is 20.8 Å². The van der Waals surface area contributed by atoms with Crippen molar-refractivity contribution in [3.63, 3.8) is 0 Å². The molecule has 0 bridgehead atoms. The maximum absolute atomic E-state index is 11.5. The lowest BCUT2D eigenvalue weighted by Gasteiger charge is -2.16. The molecule has 0 amide bonds. The molecule has 4 N–H and O–H groups in total. The monoisotopic (exact) mass is 387 g/mol. The van der Waals surface area contributed by atoms with Gasteiger partial charge in [0.2, 0.25) is 0 Å². The summed E-state index contributed by atoms with van der Waals surface area (Å²) < 4.78 is 12.0. The highest BCUT2D eigenvalue weighted by molar-refractivity contribution is 7.71. The first-order chi connectivity index (χ1) is 12.4. The smallest absolute Gasteiger partial charge is 0.319 e. The summed E-state index contributed by atoms with van der Waals surface area (Å²) in [7, 11) is 2.51. The van der Waals surface area contributed by atoms with Gasteiger partial charge in [0, 0.05) is 27.0 Å². The first-order valence-corrected chi connectivity index (χ1v) is 8.47. The van der Waals surface area contributed by atoms with Crippen molar-refractivity contribution in [2.24, 2.45) is 5.73 Å². The van der Waals surface area contributed by atoms with Gasteiger partial charge in [-0.3, -0.25) is 14.6 Å². The molecule has 0 aliphatic carbocycles. The summed E-state index contributed by atoms with van der Waals surface area (Å²) in [6, 6.07) is 0. The summed E-state index contributed by atoms with van der Waals surface area (Å²) in [5, 5.41) is 7.00. The molecule has 26 heavy (non-hydrogen) atoms. The van der Waals surface area contributed by atoms with Gasteiger partial charge in [-0.1, -0.05) is 26.2 Å². The molecule has 0 aromatic carbocycles. The Labute approximate surface area is 159 Å². The number of methoxy groups -OCH3 is 1. The molecule has 1 rings (SSSR count). The quantitative estimate of drug-likeness (QED) is 0.360. The molecule has 0 spiro atoms. The number of nitrogens with one attached hydrogen (secondary N) is 1. The highest BCUT2D eigenvalue weighted by Gasteiger charge is 2.11. The van der Waals surface area contributed by atoms with E-state index in [9.17, 15) is 9.59 Å². The van der Waals surface area contributed by atoms with Crippen molar-refractivity contribution >= 4 is 18.2 Å². The van der Waals surface area contributed by atoms with Gasteiger partial charge in [-0.25, -0.2) is 0 Å². The van der Waals surface area contributed by atoms with Crippen LogP contribution >= 0.6 is 12.2 Å². The number of carbonyl (C=O) groups is 1. The molecule has 0 aliphatic rings. The summed E-state index contributed by atoms with van der Waals surface area (Å²) in [5.74, 6) is 1.79. The number of aliphatic hydroxyl groups excluding tert-OH is 1. The molecule has 0 fully saturated rings. The fraction of sp³-hybridized carbons (Fsp3) is 0.588. The summed E-state index contributed by atoms with van der Waals surface area (Å²) in [4.78, 5) is 24.9. The highest BCUT2D eigenvalue weighted by atomic mass is 32.1. The molecule has 148 valence electrons. The predicted octanol–water partition coefficient (Wildman–Crippen LogP) is 0.819. The number of hydrogen-bond acceptors (Lipinski definition) is 7. The zero-order chi connectivity index (χ0) is 20.5. The van der Waals surface area contributed by atoms with E-state index in [0.717, 1.165) is 7.11 Å². The Morgan fingerprint density at radius 1 is 1.50 bits per heavy atom. The number of nitrogens with two attached hydrogens (primary N) is 1. The number of H-pyrrole nitrogens is 1. The minimum Gasteiger partial charge on any atom is -0.462 e. The molecule has 1 unspecified atom stereocenters. The lowest BCUT2D eigenvalue weighted by atomic mass is 10.2. The summed E-state index contributed by atoms with van der Waals surface area (Å²) in [5.41, 5.74) is 4.96. The highest BCUT2D eigenvalue weighted by Crippen LogP contribution is 2.03. The fourth-order valence-corrected chi connectivity index (χ4v) is 1.81. The Bertz CT molecular complexity index is 664. The Hall–Kier alpha value is -1.99. The van der Waals surface area contributed by atoms with Crippen LogP contribution in [0, 0.1) is 17.1 Å². The number of rotatable bonds is 7. The topological polar surface area (TPSA) is 120 Å². The largest absolute Gasteiger partial charge is 0.462 e. The molecular formula is C17H29N3O5S. The second-order valence-electron chi connectivity index (χ2n) is 4.88. The summed E-state index contributed by atoms with van der Waals surface area (Å²) >= 11 is 5.06. The van der Waals surface area contributed by atoms with Crippen molar-refractivity contribution in [1.29, 1.82) is 0 Å². The van der Waals surface area contributed by atoms with E-state index < -0.39 is 5.97 Å². The van der Waals surface area contributed by atoms with Crippen molar-refractivity contribution in [2.45, 2.75) is 39.3 Å². The number of aryl methyl sites for hydroxylation is 1. The molecule has 1 atom stereocenters. The zero-order valence-electron chi connectivity index (χ0n) is 15.8. The molecule has 0 saturated carbocycles. The van der Waals surface area contributed by atoms with Crippen molar-refractivity contribution in [3.8, 4) is 12.3 Å². The lowest BCUT2D eigenvalue weighted by Crippen LogP contribution is -2.26. The van der Waals surface area contributed by atoms with E-state index >= 15 is 0 Å². The molecule has 8 nitrogen and oxygen atoms in total. The van der Waals surface area contributed by atoms with Crippen LogP contribution in [0.5, 0.6) is 0 Å².